The zero-order chi connectivity index (χ0) is 13.1. The van der Waals surface area contributed by atoms with Gasteiger partial charge in [-0.2, -0.15) is 13.2 Å². The average Bonchev–Trinajstić information content (AvgIpc) is 2.25. The lowest BCUT2D eigenvalue weighted by atomic mass is 10.2. The number of nitro groups is 1. The lowest BCUT2D eigenvalue weighted by Crippen LogP contribution is -2.20. The van der Waals surface area contributed by atoms with Crippen molar-refractivity contribution in [1.29, 1.82) is 0 Å². The zero-order valence-corrected chi connectivity index (χ0v) is 8.40. The second-order valence-corrected chi connectivity index (χ2v) is 2.96. The molecule has 8 heteroatoms. The van der Waals surface area contributed by atoms with E-state index in [9.17, 15) is 23.3 Å². The van der Waals surface area contributed by atoms with Gasteiger partial charge in [0.1, 0.15) is 0 Å². The van der Waals surface area contributed by atoms with Crippen LogP contribution in [0.25, 0.3) is 6.08 Å². The molecule has 0 spiro atoms. The van der Waals surface area contributed by atoms with Crippen LogP contribution in [-0.4, -0.2) is 22.7 Å². The van der Waals surface area contributed by atoms with E-state index in [0.717, 1.165) is 12.3 Å². The molecule has 1 rings (SSSR count). The van der Waals surface area contributed by atoms with Crippen LogP contribution in [0.1, 0.15) is 5.56 Å². The third-order valence-electron chi connectivity index (χ3n) is 1.66. The maximum Gasteiger partial charge on any atom is 0.422 e. The van der Waals surface area contributed by atoms with Crippen molar-refractivity contribution in [2.24, 2.45) is 0 Å². The van der Waals surface area contributed by atoms with Crippen molar-refractivity contribution in [2.75, 3.05) is 6.61 Å². The number of rotatable bonds is 4. The molecule has 1 aromatic heterocycles. The molecule has 0 saturated carbocycles. The minimum Gasteiger partial charge on any atom is -0.463 e. The van der Waals surface area contributed by atoms with Crippen molar-refractivity contribution in [2.45, 2.75) is 6.18 Å². The van der Waals surface area contributed by atoms with Crippen molar-refractivity contribution in [1.82, 2.24) is 4.98 Å². The highest BCUT2D eigenvalue weighted by atomic mass is 19.4. The number of hydrogen-bond donors (Lipinski definition) is 0. The van der Waals surface area contributed by atoms with E-state index in [2.05, 4.69) is 16.3 Å². The largest absolute Gasteiger partial charge is 0.463 e. The van der Waals surface area contributed by atoms with Gasteiger partial charge in [0.25, 0.3) is 5.88 Å². The molecule has 92 valence electrons. The number of ether oxygens (including phenoxy) is 1. The molecule has 1 aromatic rings. The summed E-state index contributed by atoms with van der Waals surface area (Å²) < 4.78 is 39.9. The first-order valence-electron chi connectivity index (χ1n) is 4.30. The molecule has 0 aliphatic rings. The van der Waals surface area contributed by atoms with Gasteiger partial charge in [0.05, 0.1) is 4.92 Å². The van der Waals surface area contributed by atoms with Gasteiger partial charge in [-0.25, -0.2) is 4.98 Å². The molecule has 0 unspecified atom stereocenters. The van der Waals surface area contributed by atoms with Crippen LogP contribution in [-0.2, 0) is 0 Å². The molecule has 0 N–H and O–H groups in total. The Morgan fingerprint density at radius 3 is 2.71 bits per heavy atom. The fraction of sp³-hybridized carbons (Fsp3) is 0.222. The van der Waals surface area contributed by atoms with Crippen LogP contribution >= 0.6 is 0 Å². The number of pyridine rings is 1. The van der Waals surface area contributed by atoms with Gasteiger partial charge in [-0.1, -0.05) is 12.7 Å². The Kier molecular flexibility index (Phi) is 3.66. The maximum absolute atomic E-state index is 11.9. The van der Waals surface area contributed by atoms with E-state index in [-0.39, 0.29) is 0 Å². The lowest BCUT2D eigenvalue weighted by Gasteiger charge is -2.08. The first kappa shape index (κ1) is 12.9. The Balaban J connectivity index is 2.98. The third-order valence-corrected chi connectivity index (χ3v) is 1.66. The quantitative estimate of drug-likeness (QED) is 0.606. The van der Waals surface area contributed by atoms with Gasteiger partial charge in [0.15, 0.2) is 6.61 Å². The number of aromatic nitrogens is 1. The van der Waals surface area contributed by atoms with Crippen molar-refractivity contribution in [3.8, 4) is 5.88 Å². The summed E-state index contributed by atoms with van der Waals surface area (Å²) in [6, 6.07) is 1.03. The SMILES string of the molecule is C=Cc1cnc(OCC(F)(F)F)c([N+](=O)[O-])c1. The maximum atomic E-state index is 11.9. The molecule has 0 amide bonds. The fourth-order valence-electron chi connectivity index (χ4n) is 0.960. The van der Waals surface area contributed by atoms with E-state index in [1.54, 1.807) is 0 Å². The lowest BCUT2D eigenvalue weighted by molar-refractivity contribution is -0.386. The van der Waals surface area contributed by atoms with E-state index < -0.39 is 29.3 Å². The molecule has 0 aromatic carbocycles. The van der Waals surface area contributed by atoms with Crippen molar-refractivity contribution < 1.29 is 22.8 Å². The summed E-state index contributed by atoms with van der Waals surface area (Å²) in [5.41, 5.74) is -0.317. The molecule has 0 aliphatic carbocycles. The first-order chi connectivity index (χ1) is 7.83. The minimum atomic E-state index is -4.58. The molecule has 5 nitrogen and oxygen atoms in total. The molecule has 0 radical (unpaired) electrons. The van der Waals surface area contributed by atoms with Crippen LogP contribution < -0.4 is 4.74 Å². The Labute approximate surface area is 93.7 Å². The fourth-order valence-corrected chi connectivity index (χ4v) is 0.960. The summed E-state index contributed by atoms with van der Waals surface area (Å²) in [6.45, 7) is 1.73. The Morgan fingerprint density at radius 2 is 2.24 bits per heavy atom. The molecule has 1 heterocycles. The van der Waals surface area contributed by atoms with Gasteiger partial charge in [-0.05, 0) is 5.56 Å². The molecule has 0 atom stereocenters. The molecule has 17 heavy (non-hydrogen) atoms. The van der Waals surface area contributed by atoms with Crippen molar-refractivity contribution in [3.63, 3.8) is 0 Å². The number of halogens is 3. The van der Waals surface area contributed by atoms with Gasteiger partial charge in [-0.3, -0.25) is 10.1 Å². The number of alkyl halides is 3. The predicted molar refractivity (Wildman–Crippen MR) is 52.5 cm³/mol. The first-order valence-corrected chi connectivity index (χ1v) is 4.30. The van der Waals surface area contributed by atoms with Crippen LogP contribution in [0, 0.1) is 10.1 Å². The van der Waals surface area contributed by atoms with Crippen LogP contribution in [0.2, 0.25) is 0 Å². The van der Waals surface area contributed by atoms with Crippen LogP contribution in [0.3, 0.4) is 0 Å². The topological polar surface area (TPSA) is 65.3 Å². The van der Waals surface area contributed by atoms with Crippen LogP contribution in [0.5, 0.6) is 5.88 Å². The Bertz CT molecular complexity index is 446. The minimum absolute atomic E-state index is 0.316. The summed E-state index contributed by atoms with van der Waals surface area (Å²) in [6.07, 6.45) is -2.16. The number of hydrogen-bond acceptors (Lipinski definition) is 4. The summed E-state index contributed by atoms with van der Waals surface area (Å²) in [4.78, 5) is 13.2. The normalized spacial score (nSPS) is 11.0. The molecule has 0 aliphatic heterocycles. The van der Waals surface area contributed by atoms with Crippen LogP contribution in [0.4, 0.5) is 18.9 Å². The van der Waals surface area contributed by atoms with Gasteiger partial charge in [-0.15, -0.1) is 0 Å². The van der Waals surface area contributed by atoms with Crippen molar-refractivity contribution in [3.05, 3.63) is 34.5 Å². The highest BCUT2D eigenvalue weighted by Crippen LogP contribution is 2.27. The average molecular weight is 248 g/mol. The molecular formula is C9H7F3N2O3. The molecular weight excluding hydrogens is 241 g/mol. The second-order valence-electron chi connectivity index (χ2n) is 2.96. The monoisotopic (exact) mass is 248 g/mol. The van der Waals surface area contributed by atoms with Gasteiger partial charge in [0.2, 0.25) is 0 Å². The van der Waals surface area contributed by atoms with E-state index in [4.69, 9.17) is 0 Å². The summed E-state index contributed by atoms with van der Waals surface area (Å²) in [5.74, 6) is -0.669. The highest BCUT2D eigenvalue weighted by molar-refractivity contribution is 5.53. The predicted octanol–water partition coefficient (Wildman–Crippen LogP) is 2.57. The summed E-state index contributed by atoms with van der Waals surface area (Å²) in [7, 11) is 0. The molecule has 0 bridgehead atoms. The number of nitrogens with zero attached hydrogens (tertiary/aromatic N) is 2. The van der Waals surface area contributed by atoms with Gasteiger partial charge in [0, 0.05) is 12.3 Å². The zero-order valence-electron chi connectivity index (χ0n) is 8.40. The van der Waals surface area contributed by atoms with E-state index in [0.29, 0.717) is 5.56 Å². The van der Waals surface area contributed by atoms with E-state index in [1.165, 1.54) is 6.08 Å². The second kappa shape index (κ2) is 4.81. The highest BCUT2D eigenvalue weighted by Gasteiger charge is 2.30. The molecule has 0 fully saturated rings. The smallest absolute Gasteiger partial charge is 0.422 e. The van der Waals surface area contributed by atoms with E-state index in [1.807, 2.05) is 0 Å². The Morgan fingerprint density at radius 1 is 1.59 bits per heavy atom. The van der Waals surface area contributed by atoms with Gasteiger partial charge >= 0.3 is 11.9 Å². The van der Waals surface area contributed by atoms with Crippen molar-refractivity contribution >= 4 is 11.8 Å². The van der Waals surface area contributed by atoms with Crippen LogP contribution in [0.15, 0.2) is 18.8 Å². The van der Waals surface area contributed by atoms with Gasteiger partial charge < -0.3 is 4.74 Å². The third kappa shape index (κ3) is 3.74. The summed E-state index contributed by atoms with van der Waals surface area (Å²) in [5, 5.41) is 10.6. The Hall–Kier alpha value is -2.12. The molecule has 0 saturated heterocycles. The van der Waals surface area contributed by atoms with E-state index >= 15 is 0 Å². The summed E-state index contributed by atoms with van der Waals surface area (Å²) >= 11 is 0. The standard InChI is InChI=1S/C9H7F3N2O3/c1-2-6-3-7(14(15)16)8(13-4-6)17-5-9(10,11)12/h2-4H,1,5H2.